The molecule has 0 saturated carbocycles. The molecule has 2 aromatic heterocycles. The van der Waals surface area contributed by atoms with E-state index in [1.807, 2.05) is 31.3 Å². The Balaban J connectivity index is 1.96. The maximum Gasteiger partial charge on any atom is 0.190 e. The van der Waals surface area contributed by atoms with Gasteiger partial charge in [-0.2, -0.15) is 0 Å². The molecule has 3 aromatic rings. The molecular formula is C15H16N4O. The highest BCUT2D eigenvalue weighted by molar-refractivity contribution is 5.95. The summed E-state index contributed by atoms with van der Waals surface area (Å²) in [5, 5.41) is 0. The van der Waals surface area contributed by atoms with E-state index in [0.29, 0.717) is 5.69 Å². The van der Waals surface area contributed by atoms with Crippen molar-refractivity contribution >= 4 is 16.8 Å². The van der Waals surface area contributed by atoms with E-state index >= 15 is 0 Å². The molecule has 5 nitrogen and oxygen atoms in total. The van der Waals surface area contributed by atoms with Gasteiger partial charge in [-0.05, 0) is 19.1 Å². The van der Waals surface area contributed by atoms with Crippen LogP contribution < -0.4 is 0 Å². The van der Waals surface area contributed by atoms with E-state index in [2.05, 4.69) is 21.5 Å². The van der Waals surface area contributed by atoms with Crippen LogP contribution in [0.3, 0.4) is 0 Å². The van der Waals surface area contributed by atoms with Crippen LogP contribution in [0.4, 0.5) is 0 Å². The topological polar surface area (TPSA) is 52.7 Å². The zero-order valence-corrected chi connectivity index (χ0v) is 11.6. The SMILES string of the molecule is CCn1c(CC(=O)c2cn(C)cn2)nc2ccccc21. The number of Topliss-reactive ketones (excluding diaryl/α,β-unsaturated/α-hetero) is 1. The van der Waals surface area contributed by atoms with Crippen LogP contribution in [0.25, 0.3) is 11.0 Å². The normalized spacial score (nSPS) is 11.1. The van der Waals surface area contributed by atoms with Gasteiger partial charge in [-0.15, -0.1) is 0 Å². The molecule has 0 N–H and O–H groups in total. The second-order valence-corrected chi connectivity index (χ2v) is 4.79. The Kier molecular flexibility index (Phi) is 3.10. The molecule has 0 atom stereocenters. The first-order chi connectivity index (χ1) is 9.69. The van der Waals surface area contributed by atoms with Crippen LogP contribution in [0.15, 0.2) is 36.8 Å². The van der Waals surface area contributed by atoms with Gasteiger partial charge in [0.1, 0.15) is 11.5 Å². The van der Waals surface area contributed by atoms with Crippen LogP contribution in [-0.4, -0.2) is 24.9 Å². The molecular weight excluding hydrogens is 252 g/mol. The fourth-order valence-electron chi connectivity index (χ4n) is 2.40. The lowest BCUT2D eigenvalue weighted by molar-refractivity contribution is 0.0985. The molecule has 0 bridgehead atoms. The number of carbonyl (C=O) groups is 1. The summed E-state index contributed by atoms with van der Waals surface area (Å²) in [6.45, 7) is 2.86. The van der Waals surface area contributed by atoms with Gasteiger partial charge in [0.2, 0.25) is 0 Å². The summed E-state index contributed by atoms with van der Waals surface area (Å²) in [5.41, 5.74) is 2.49. The standard InChI is InChI=1S/C15H16N4O/c1-3-19-13-7-5-4-6-11(13)17-15(19)8-14(20)12-9-18(2)10-16-12/h4-7,9-10H,3,8H2,1-2H3. The largest absolute Gasteiger partial charge is 0.340 e. The van der Waals surface area contributed by atoms with Gasteiger partial charge < -0.3 is 9.13 Å². The lowest BCUT2D eigenvalue weighted by atomic mass is 10.2. The average Bonchev–Trinajstić information content (AvgIpc) is 3.01. The third-order valence-corrected chi connectivity index (χ3v) is 3.36. The minimum Gasteiger partial charge on any atom is -0.340 e. The lowest BCUT2D eigenvalue weighted by Crippen LogP contribution is -2.10. The number of aryl methyl sites for hydroxylation is 2. The molecule has 0 aliphatic rings. The fraction of sp³-hybridized carbons (Fsp3) is 0.267. The lowest BCUT2D eigenvalue weighted by Gasteiger charge is -2.04. The number of benzene rings is 1. The van der Waals surface area contributed by atoms with Crippen LogP contribution in [0, 0.1) is 0 Å². The number of carbonyl (C=O) groups excluding carboxylic acids is 1. The predicted molar refractivity (Wildman–Crippen MR) is 76.6 cm³/mol. The number of aromatic nitrogens is 4. The summed E-state index contributed by atoms with van der Waals surface area (Å²) in [6, 6.07) is 7.94. The van der Waals surface area contributed by atoms with Crippen molar-refractivity contribution in [3.63, 3.8) is 0 Å². The Morgan fingerprint density at radius 2 is 2.10 bits per heavy atom. The van der Waals surface area contributed by atoms with Crippen molar-refractivity contribution in [1.29, 1.82) is 0 Å². The van der Waals surface area contributed by atoms with Gasteiger partial charge >= 0.3 is 0 Å². The Labute approximate surface area is 116 Å². The molecule has 0 unspecified atom stereocenters. The van der Waals surface area contributed by atoms with Crippen LogP contribution >= 0.6 is 0 Å². The smallest absolute Gasteiger partial charge is 0.190 e. The Hall–Kier alpha value is -2.43. The summed E-state index contributed by atoms with van der Waals surface area (Å²) in [5.74, 6) is 0.792. The highest BCUT2D eigenvalue weighted by Crippen LogP contribution is 2.17. The number of nitrogens with zero attached hydrogens (tertiary/aromatic N) is 4. The van der Waals surface area contributed by atoms with E-state index in [0.717, 1.165) is 23.4 Å². The third kappa shape index (κ3) is 2.11. The third-order valence-electron chi connectivity index (χ3n) is 3.36. The Morgan fingerprint density at radius 3 is 2.80 bits per heavy atom. The van der Waals surface area contributed by atoms with Crippen LogP contribution in [0.1, 0.15) is 23.2 Å². The minimum atomic E-state index is -0.00407. The van der Waals surface area contributed by atoms with Gasteiger partial charge in [0.05, 0.1) is 23.8 Å². The second kappa shape index (κ2) is 4.92. The van der Waals surface area contributed by atoms with Crippen molar-refractivity contribution in [2.75, 3.05) is 0 Å². The van der Waals surface area contributed by atoms with Crippen molar-refractivity contribution in [2.45, 2.75) is 19.9 Å². The van der Waals surface area contributed by atoms with Crippen LogP contribution in [-0.2, 0) is 20.0 Å². The number of rotatable bonds is 4. The predicted octanol–water partition coefficient (Wildman–Crippen LogP) is 2.22. The molecule has 3 rings (SSSR count). The van der Waals surface area contributed by atoms with Gasteiger partial charge in [0.25, 0.3) is 0 Å². The monoisotopic (exact) mass is 268 g/mol. The maximum atomic E-state index is 12.2. The quantitative estimate of drug-likeness (QED) is 0.682. The van der Waals surface area contributed by atoms with Gasteiger partial charge in [-0.3, -0.25) is 4.79 Å². The average molecular weight is 268 g/mol. The van der Waals surface area contributed by atoms with Crippen molar-refractivity contribution in [3.8, 4) is 0 Å². The zero-order chi connectivity index (χ0) is 14.1. The van der Waals surface area contributed by atoms with E-state index in [-0.39, 0.29) is 12.2 Å². The summed E-state index contributed by atoms with van der Waals surface area (Å²) >= 11 is 0. The first kappa shape index (κ1) is 12.6. The number of hydrogen-bond acceptors (Lipinski definition) is 3. The fourth-order valence-corrected chi connectivity index (χ4v) is 2.40. The van der Waals surface area contributed by atoms with Gasteiger partial charge in [-0.1, -0.05) is 12.1 Å². The van der Waals surface area contributed by atoms with E-state index in [1.165, 1.54) is 0 Å². The van der Waals surface area contributed by atoms with Gasteiger partial charge in [-0.25, -0.2) is 9.97 Å². The minimum absolute atomic E-state index is 0.00407. The number of ketones is 1. The number of hydrogen-bond donors (Lipinski definition) is 0. The van der Waals surface area contributed by atoms with Crippen molar-refractivity contribution in [3.05, 3.63) is 48.3 Å². The first-order valence-corrected chi connectivity index (χ1v) is 6.64. The number of para-hydroxylation sites is 2. The molecule has 0 saturated heterocycles. The number of fused-ring (bicyclic) bond motifs is 1. The van der Waals surface area contributed by atoms with Gasteiger partial charge in [0, 0.05) is 19.8 Å². The highest BCUT2D eigenvalue weighted by atomic mass is 16.1. The van der Waals surface area contributed by atoms with E-state index in [1.54, 1.807) is 17.1 Å². The summed E-state index contributed by atoms with van der Waals surface area (Å²) in [7, 11) is 1.85. The molecule has 0 aliphatic carbocycles. The van der Waals surface area contributed by atoms with Crippen molar-refractivity contribution < 1.29 is 4.79 Å². The van der Waals surface area contributed by atoms with Gasteiger partial charge in [0.15, 0.2) is 5.78 Å². The summed E-state index contributed by atoms with van der Waals surface area (Å²) in [4.78, 5) is 20.9. The highest BCUT2D eigenvalue weighted by Gasteiger charge is 2.15. The Morgan fingerprint density at radius 1 is 1.30 bits per heavy atom. The molecule has 1 aromatic carbocycles. The van der Waals surface area contributed by atoms with Crippen LogP contribution in [0.5, 0.6) is 0 Å². The Bertz CT molecular complexity index is 769. The molecule has 20 heavy (non-hydrogen) atoms. The van der Waals surface area contributed by atoms with E-state index in [4.69, 9.17) is 0 Å². The molecule has 102 valence electrons. The van der Waals surface area contributed by atoms with Crippen LogP contribution in [0.2, 0.25) is 0 Å². The summed E-state index contributed by atoms with van der Waals surface area (Å²) in [6.07, 6.45) is 3.65. The van der Waals surface area contributed by atoms with Crippen molar-refractivity contribution in [2.24, 2.45) is 7.05 Å². The molecule has 0 fully saturated rings. The van der Waals surface area contributed by atoms with Crippen molar-refractivity contribution in [1.82, 2.24) is 19.1 Å². The first-order valence-electron chi connectivity index (χ1n) is 6.64. The molecule has 2 heterocycles. The van der Waals surface area contributed by atoms with E-state index < -0.39 is 0 Å². The molecule has 0 amide bonds. The summed E-state index contributed by atoms with van der Waals surface area (Å²) < 4.78 is 3.85. The molecule has 0 aliphatic heterocycles. The molecule has 0 radical (unpaired) electrons. The molecule has 5 heteroatoms. The number of imidazole rings is 2. The second-order valence-electron chi connectivity index (χ2n) is 4.79. The maximum absolute atomic E-state index is 12.2. The van der Waals surface area contributed by atoms with E-state index in [9.17, 15) is 4.79 Å². The molecule has 0 spiro atoms. The zero-order valence-electron chi connectivity index (χ0n) is 11.6.